The highest BCUT2D eigenvalue weighted by Gasteiger charge is 2.21. The fraction of sp³-hybridized carbons (Fsp3) is 0.684. The second kappa shape index (κ2) is 10.7. The van der Waals surface area contributed by atoms with Gasteiger partial charge in [-0.3, -0.25) is 19.1 Å². The van der Waals surface area contributed by atoms with Crippen molar-refractivity contribution in [1.82, 2.24) is 15.0 Å². The van der Waals surface area contributed by atoms with E-state index >= 15 is 0 Å². The van der Waals surface area contributed by atoms with Crippen molar-refractivity contribution in [1.29, 1.82) is 0 Å². The van der Waals surface area contributed by atoms with Crippen molar-refractivity contribution in [2.45, 2.75) is 83.6 Å². The van der Waals surface area contributed by atoms with Crippen LogP contribution in [0.2, 0.25) is 0 Å². The van der Waals surface area contributed by atoms with Crippen LogP contribution in [0, 0.1) is 0 Å². The zero-order chi connectivity index (χ0) is 19.6. The number of nitrogens with zero attached hydrogens (tertiary/aromatic N) is 2. The van der Waals surface area contributed by atoms with E-state index in [1.807, 2.05) is 0 Å². The van der Waals surface area contributed by atoms with E-state index in [-0.39, 0.29) is 17.5 Å². The molecule has 0 saturated heterocycles. The van der Waals surface area contributed by atoms with Gasteiger partial charge in [-0.1, -0.05) is 51.9 Å². The van der Waals surface area contributed by atoms with E-state index in [9.17, 15) is 19.5 Å². The van der Waals surface area contributed by atoms with Gasteiger partial charge in [-0.2, -0.15) is 5.10 Å². The van der Waals surface area contributed by atoms with Gasteiger partial charge in [0.05, 0.1) is 6.21 Å². The van der Waals surface area contributed by atoms with E-state index in [0.717, 1.165) is 70.4 Å². The predicted molar refractivity (Wildman–Crippen MR) is 104 cm³/mol. The Labute approximate surface area is 158 Å². The predicted octanol–water partition coefficient (Wildman–Crippen LogP) is 2.56. The monoisotopic (exact) mass is 378 g/mol. The van der Waals surface area contributed by atoms with Crippen LogP contribution in [-0.2, 0) is 4.79 Å². The molecule has 0 unspecified atom stereocenters. The fourth-order valence-corrected chi connectivity index (χ4v) is 3.46. The third kappa shape index (κ3) is 6.08. The summed E-state index contributed by atoms with van der Waals surface area (Å²) in [5, 5.41) is 14.3. The molecule has 1 aliphatic carbocycles. The Morgan fingerprint density at radius 2 is 1.93 bits per heavy atom. The minimum atomic E-state index is -0.719. The van der Waals surface area contributed by atoms with Crippen LogP contribution in [0.1, 0.15) is 89.2 Å². The SMILES string of the molecule is CCCCCCC(=O)N/N=C/c1c(O)n(C2CCCCCC2)c(=O)[nH]c1=O. The van der Waals surface area contributed by atoms with Crippen LogP contribution in [0.4, 0.5) is 0 Å². The molecular weight excluding hydrogens is 348 g/mol. The maximum atomic E-state index is 12.2. The van der Waals surface area contributed by atoms with Crippen LogP contribution < -0.4 is 16.7 Å². The van der Waals surface area contributed by atoms with Crippen LogP contribution in [0.25, 0.3) is 0 Å². The van der Waals surface area contributed by atoms with Gasteiger partial charge in [-0.25, -0.2) is 10.2 Å². The minimum absolute atomic E-state index is 0.120. The van der Waals surface area contributed by atoms with Gasteiger partial charge in [-0.15, -0.1) is 0 Å². The summed E-state index contributed by atoms with van der Waals surface area (Å²) in [7, 11) is 0. The Morgan fingerprint density at radius 3 is 2.59 bits per heavy atom. The number of H-pyrrole nitrogens is 1. The molecule has 1 aromatic heterocycles. The molecule has 1 amide bonds. The molecule has 27 heavy (non-hydrogen) atoms. The van der Waals surface area contributed by atoms with E-state index in [0.29, 0.717) is 6.42 Å². The van der Waals surface area contributed by atoms with Crippen molar-refractivity contribution in [3.8, 4) is 5.88 Å². The van der Waals surface area contributed by atoms with Crippen molar-refractivity contribution in [2.24, 2.45) is 5.10 Å². The number of hydrazone groups is 1. The summed E-state index contributed by atoms with van der Waals surface area (Å²) in [5.41, 5.74) is 0.916. The highest BCUT2D eigenvalue weighted by atomic mass is 16.3. The molecule has 0 aliphatic heterocycles. The number of rotatable bonds is 8. The summed E-state index contributed by atoms with van der Waals surface area (Å²) >= 11 is 0. The average molecular weight is 378 g/mol. The molecule has 1 heterocycles. The van der Waals surface area contributed by atoms with Crippen molar-refractivity contribution < 1.29 is 9.90 Å². The number of nitrogens with one attached hydrogen (secondary N) is 2. The van der Waals surface area contributed by atoms with Crippen LogP contribution in [0.5, 0.6) is 5.88 Å². The van der Waals surface area contributed by atoms with E-state index in [4.69, 9.17) is 0 Å². The molecule has 1 fully saturated rings. The lowest BCUT2D eigenvalue weighted by molar-refractivity contribution is -0.121. The Hall–Kier alpha value is -2.38. The number of carbonyl (C=O) groups is 1. The minimum Gasteiger partial charge on any atom is -0.494 e. The van der Waals surface area contributed by atoms with Crippen molar-refractivity contribution in [2.75, 3.05) is 0 Å². The number of unbranched alkanes of at least 4 members (excludes halogenated alkanes) is 3. The van der Waals surface area contributed by atoms with Gasteiger partial charge in [-0.05, 0) is 19.3 Å². The van der Waals surface area contributed by atoms with Gasteiger partial charge in [0.15, 0.2) is 0 Å². The molecule has 0 spiro atoms. The first-order valence-corrected chi connectivity index (χ1v) is 9.94. The molecule has 150 valence electrons. The smallest absolute Gasteiger partial charge is 0.331 e. The normalized spacial score (nSPS) is 15.7. The molecule has 1 saturated carbocycles. The fourth-order valence-electron chi connectivity index (χ4n) is 3.46. The highest BCUT2D eigenvalue weighted by Crippen LogP contribution is 2.28. The summed E-state index contributed by atoms with van der Waals surface area (Å²) in [6.45, 7) is 2.10. The first kappa shape index (κ1) is 20.9. The van der Waals surface area contributed by atoms with Gasteiger partial charge in [0, 0.05) is 12.5 Å². The lowest BCUT2D eigenvalue weighted by Crippen LogP contribution is -2.34. The molecule has 1 aromatic rings. The van der Waals surface area contributed by atoms with Gasteiger partial charge >= 0.3 is 5.69 Å². The first-order chi connectivity index (χ1) is 13.0. The topological polar surface area (TPSA) is 117 Å². The first-order valence-electron chi connectivity index (χ1n) is 9.94. The van der Waals surface area contributed by atoms with Crippen LogP contribution >= 0.6 is 0 Å². The number of hydrogen-bond donors (Lipinski definition) is 3. The molecule has 0 aromatic carbocycles. The zero-order valence-electron chi connectivity index (χ0n) is 16.0. The molecule has 2 rings (SSSR count). The quantitative estimate of drug-likeness (QED) is 0.279. The van der Waals surface area contributed by atoms with Gasteiger partial charge < -0.3 is 5.11 Å². The standard InChI is InChI=1S/C19H30N4O4/c1-2-3-4-9-12-16(24)22-20-13-15-17(25)21-19(27)23(18(15)26)14-10-7-5-6-8-11-14/h13-14,26H,2-12H2,1H3,(H,22,24)(H,21,25,27)/b20-13+. The molecule has 8 heteroatoms. The maximum absolute atomic E-state index is 12.2. The highest BCUT2D eigenvalue weighted by molar-refractivity contribution is 5.84. The van der Waals surface area contributed by atoms with Crippen LogP contribution in [-0.4, -0.2) is 26.8 Å². The number of aromatic amines is 1. The van der Waals surface area contributed by atoms with Gasteiger partial charge in [0.25, 0.3) is 5.56 Å². The summed E-state index contributed by atoms with van der Waals surface area (Å²) in [6.07, 6.45) is 11.2. The lowest BCUT2D eigenvalue weighted by Gasteiger charge is -2.19. The number of aromatic nitrogens is 2. The number of hydrogen-bond acceptors (Lipinski definition) is 5. The maximum Gasteiger partial charge on any atom is 0.331 e. The van der Waals surface area contributed by atoms with E-state index < -0.39 is 17.1 Å². The molecule has 1 aliphatic rings. The van der Waals surface area contributed by atoms with Crippen LogP contribution in [0.3, 0.4) is 0 Å². The van der Waals surface area contributed by atoms with Gasteiger partial charge in [0.1, 0.15) is 5.56 Å². The molecule has 3 N–H and O–H groups in total. The largest absolute Gasteiger partial charge is 0.494 e. The van der Waals surface area contributed by atoms with Crippen molar-refractivity contribution in [3.05, 3.63) is 26.4 Å². The number of carbonyl (C=O) groups excluding carboxylic acids is 1. The number of amides is 1. The van der Waals surface area contributed by atoms with E-state index in [2.05, 4.69) is 22.4 Å². The van der Waals surface area contributed by atoms with Crippen molar-refractivity contribution in [3.63, 3.8) is 0 Å². The summed E-state index contributed by atoms with van der Waals surface area (Å²) < 4.78 is 1.25. The second-order valence-electron chi connectivity index (χ2n) is 7.12. The van der Waals surface area contributed by atoms with Gasteiger partial charge in [0.2, 0.25) is 11.8 Å². The Kier molecular flexibility index (Phi) is 8.29. The van der Waals surface area contributed by atoms with Crippen molar-refractivity contribution >= 4 is 12.1 Å². The molecular formula is C19H30N4O4. The zero-order valence-corrected chi connectivity index (χ0v) is 16.0. The summed E-state index contributed by atoms with van der Waals surface area (Å²) in [5.74, 6) is -0.632. The molecule has 0 radical (unpaired) electrons. The Morgan fingerprint density at radius 1 is 1.22 bits per heavy atom. The Balaban J connectivity index is 2.10. The van der Waals surface area contributed by atoms with Crippen LogP contribution in [0.15, 0.2) is 14.7 Å². The molecule has 0 bridgehead atoms. The molecule has 0 atom stereocenters. The third-order valence-electron chi connectivity index (χ3n) is 4.98. The lowest BCUT2D eigenvalue weighted by atomic mass is 10.1. The molecule has 8 nitrogen and oxygen atoms in total. The van der Waals surface area contributed by atoms with E-state index in [1.165, 1.54) is 4.57 Å². The summed E-state index contributed by atoms with van der Waals surface area (Å²) in [6, 6.07) is -0.142. The average Bonchev–Trinajstić information content (AvgIpc) is 2.90. The van der Waals surface area contributed by atoms with E-state index in [1.54, 1.807) is 0 Å². The number of aromatic hydroxyl groups is 1. The third-order valence-corrected chi connectivity index (χ3v) is 4.98. The summed E-state index contributed by atoms with van der Waals surface area (Å²) in [4.78, 5) is 38.2. The Bertz CT molecular complexity index is 758. The second-order valence-corrected chi connectivity index (χ2v) is 7.12.